The average Bonchev–Trinajstić information content (AvgIpc) is 2.43. The largest absolute Gasteiger partial charge is 0.480 e. The average molecular weight is 288 g/mol. The molecule has 5 nitrogen and oxygen atoms in total. The van der Waals surface area contributed by atoms with Crippen LogP contribution in [0.2, 0.25) is 0 Å². The summed E-state index contributed by atoms with van der Waals surface area (Å²) in [6, 6.07) is 5.51. The second kappa shape index (κ2) is 5.39. The van der Waals surface area contributed by atoms with Crippen molar-refractivity contribution in [1.29, 1.82) is 0 Å². The molecule has 1 fully saturated rings. The third kappa shape index (κ3) is 2.60. The van der Waals surface area contributed by atoms with Crippen molar-refractivity contribution in [3.63, 3.8) is 0 Å². The molecule has 112 valence electrons. The Bertz CT molecular complexity index is 579. The molecule has 1 aromatic carbocycles. The molecule has 0 spiro atoms. The quantitative estimate of drug-likeness (QED) is 0.800. The number of urea groups is 1. The van der Waals surface area contributed by atoms with Crippen molar-refractivity contribution < 1.29 is 14.7 Å². The molecule has 1 aromatic rings. The first-order valence-corrected chi connectivity index (χ1v) is 7.54. The van der Waals surface area contributed by atoms with E-state index in [9.17, 15) is 14.7 Å². The number of hydrogen-bond donors (Lipinski definition) is 3. The van der Waals surface area contributed by atoms with Crippen LogP contribution in [0.1, 0.15) is 43.2 Å². The second-order valence-electron chi connectivity index (χ2n) is 5.97. The molecule has 0 radical (unpaired) electrons. The number of amides is 2. The van der Waals surface area contributed by atoms with E-state index in [4.69, 9.17) is 0 Å². The van der Waals surface area contributed by atoms with E-state index in [1.165, 1.54) is 17.5 Å². The molecule has 2 aliphatic carbocycles. The standard InChI is InChI=1S/C16H20N2O3/c19-14(20)16(9-4-10-16)18-15(21)17-13-8-3-6-11-5-1-2-7-12(11)13/h3,6,8H,1-2,4-5,7,9-10H2,(H,19,20)(H2,17,18,21). The Morgan fingerprint density at radius 2 is 1.86 bits per heavy atom. The van der Waals surface area contributed by atoms with Gasteiger partial charge in [0.25, 0.3) is 0 Å². The molecule has 0 aromatic heterocycles. The number of rotatable bonds is 3. The van der Waals surface area contributed by atoms with Crippen LogP contribution in [0.25, 0.3) is 0 Å². The van der Waals surface area contributed by atoms with Crippen LogP contribution in [0.5, 0.6) is 0 Å². The molecule has 0 bridgehead atoms. The van der Waals surface area contributed by atoms with Gasteiger partial charge in [0, 0.05) is 5.69 Å². The van der Waals surface area contributed by atoms with Gasteiger partial charge in [0.2, 0.25) is 0 Å². The van der Waals surface area contributed by atoms with Crippen LogP contribution in [0.3, 0.4) is 0 Å². The van der Waals surface area contributed by atoms with Gasteiger partial charge in [0.1, 0.15) is 5.54 Å². The van der Waals surface area contributed by atoms with Gasteiger partial charge in [-0.05, 0) is 62.1 Å². The highest BCUT2D eigenvalue weighted by Gasteiger charge is 2.45. The first kappa shape index (κ1) is 13.9. The topological polar surface area (TPSA) is 78.4 Å². The fourth-order valence-electron chi connectivity index (χ4n) is 3.19. The summed E-state index contributed by atoms with van der Waals surface area (Å²) in [5.41, 5.74) is 2.22. The molecule has 0 saturated heterocycles. The molecule has 3 N–H and O–H groups in total. The zero-order valence-electron chi connectivity index (χ0n) is 11.9. The number of fused-ring (bicyclic) bond motifs is 1. The van der Waals surface area contributed by atoms with Crippen LogP contribution in [0.4, 0.5) is 10.5 Å². The highest BCUT2D eigenvalue weighted by Crippen LogP contribution is 2.32. The van der Waals surface area contributed by atoms with Crippen molar-refractivity contribution in [1.82, 2.24) is 5.32 Å². The van der Waals surface area contributed by atoms with Gasteiger partial charge in [-0.3, -0.25) is 0 Å². The number of carboxylic acid groups (broad SMARTS) is 1. The zero-order chi connectivity index (χ0) is 14.9. The van der Waals surface area contributed by atoms with Crippen molar-refractivity contribution >= 4 is 17.7 Å². The summed E-state index contributed by atoms with van der Waals surface area (Å²) in [5, 5.41) is 14.7. The summed E-state index contributed by atoms with van der Waals surface area (Å²) >= 11 is 0. The lowest BCUT2D eigenvalue weighted by Crippen LogP contribution is -2.60. The van der Waals surface area contributed by atoms with Crippen molar-refractivity contribution in [2.75, 3.05) is 5.32 Å². The fourth-order valence-corrected chi connectivity index (χ4v) is 3.19. The minimum absolute atomic E-state index is 0.420. The van der Waals surface area contributed by atoms with Gasteiger partial charge >= 0.3 is 12.0 Å². The molecule has 0 atom stereocenters. The molecule has 0 unspecified atom stereocenters. The number of aliphatic carboxylic acids is 1. The van der Waals surface area contributed by atoms with Crippen molar-refractivity contribution in [2.45, 2.75) is 50.5 Å². The van der Waals surface area contributed by atoms with E-state index in [-0.39, 0.29) is 0 Å². The van der Waals surface area contributed by atoms with E-state index in [2.05, 4.69) is 16.7 Å². The third-order valence-corrected chi connectivity index (χ3v) is 4.61. The molecule has 21 heavy (non-hydrogen) atoms. The molecule has 5 heteroatoms. The van der Waals surface area contributed by atoms with Gasteiger partial charge in [-0.15, -0.1) is 0 Å². The molecule has 2 amide bonds. The van der Waals surface area contributed by atoms with Gasteiger partial charge in [0.05, 0.1) is 0 Å². The Hall–Kier alpha value is -2.04. The minimum atomic E-state index is -1.07. The summed E-state index contributed by atoms with van der Waals surface area (Å²) in [6.45, 7) is 0. The number of anilines is 1. The Kier molecular flexibility index (Phi) is 3.57. The lowest BCUT2D eigenvalue weighted by atomic mass is 9.77. The van der Waals surface area contributed by atoms with Gasteiger partial charge in [-0.2, -0.15) is 0 Å². The minimum Gasteiger partial charge on any atom is -0.480 e. The normalized spacial score (nSPS) is 19.0. The number of carbonyl (C=O) groups is 2. The maximum atomic E-state index is 12.1. The van der Waals surface area contributed by atoms with E-state index >= 15 is 0 Å². The number of hydrogen-bond acceptors (Lipinski definition) is 2. The molecule has 0 aliphatic heterocycles. The van der Waals surface area contributed by atoms with E-state index in [1.54, 1.807) is 0 Å². The van der Waals surface area contributed by atoms with Crippen LogP contribution < -0.4 is 10.6 Å². The van der Waals surface area contributed by atoms with Crippen LogP contribution >= 0.6 is 0 Å². The summed E-state index contributed by atoms with van der Waals surface area (Å²) in [4.78, 5) is 23.4. The Balaban J connectivity index is 1.72. The summed E-state index contributed by atoms with van der Waals surface area (Å²) in [7, 11) is 0. The number of benzene rings is 1. The number of carboxylic acids is 1. The van der Waals surface area contributed by atoms with Crippen molar-refractivity contribution in [3.8, 4) is 0 Å². The summed E-state index contributed by atoms with van der Waals surface area (Å²) in [6.07, 6.45) is 6.18. The van der Waals surface area contributed by atoms with Crippen LogP contribution in [0, 0.1) is 0 Å². The van der Waals surface area contributed by atoms with Crippen LogP contribution in [0.15, 0.2) is 18.2 Å². The van der Waals surface area contributed by atoms with E-state index in [1.807, 2.05) is 12.1 Å². The number of nitrogens with one attached hydrogen (secondary N) is 2. The molecular weight excluding hydrogens is 268 g/mol. The second-order valence-corrected chi connectivity index (χ2v) is 5.97. The molecular formula is C16H20N2O3. The number of carbonyl (C=O) groups excluding carboxylic acids is 1. The Labute approximate surface area is 123 Å². The predicted molar refractivity (Wildman–Crippen MR) is 79.5 cm³/mol. The Morgan fingerprint density at radius 3 is 2.52 bits per heavy atom. The van der Waals surface area contributed by atoms with Crippen LogP contribution in [-0.2, 0) is 17.6 Å². The van der Waals surface area contributed by atoms with Gasteiger partial charge < -0.3 is 15.7 Å². The molecule has 0 heterocycles. The van der Waals surface area contributed by atoms with E-state index < -0.39 is 17.5 Å². The summed E-state index contributed by atoms with van der Waals surface area (Å²) < 4.78 is 0. The van der Waals surface area contributed by atoms with Crippen molar-refractivity contribution in [2.24, 2.45) is 0 Å². The van der Waals surface area contributed by atoms with Gasteiger partial charge in [0.15, 0.2) is 0 Å². The lowest BCUT2D eigenvalue weighted by Gasteiger charge is -2.38. The molecule has 3 rings (SSSR count). The first-order valence-electron chi connectivity index (χ1n) is 7.54. The summed E-state index contributed by atoms with van der Waals surface area (Å²) in [5.74, 6) is -0.945. The zero-order valence-corrected chi connectivity index (χ0v) is 11.9. The highest BCUT2D eigenvalue weighted by atomic mass is 16.4. The molecule has 1 saturated carbocycles. The van der Waals surface area contributed by atoms with Crippen LogP contribution in [-0.4, -0.2) is 22.6 Å². The van der Waals surface area contributed by atoms with Crippen molar-refractivity contribution in [3.05, 3.63) is 29.3 Å². The monoisotopic (exact) mass is 288 g/mol. The highest BCUT2D eigenvalue weighted by molar-refractivity contribution is 5.95. The SMILES string of the molecule is O=C(Nc1cccc2c1CCCC2)NC1(C(=O)O)CCC1. The number of aryl methyl sites for hydroxylation is 1. The predicted octanol–water partition coefficient (Wildman–Crippen LogP) is 2.69. The Morgan fingerprint density at radius 1 is 1.10 bits per heavy atom. The first-order chi connectivity index (χ1) is 10.1. The van der Waals surface area contributed by atoms with Gasteiger partial charge in [-0.1, -0.05) is 12.1 Å². The van der Waals surface area contributed by atoms with Gasteiger partial charge in [-0.25, -0.2) is 9.59 Å². The van der Waals surface area contributed by atoms with E-state index in [0.29, 0.717) is 12.8 Å². The molecule has 2 aliphatic rings. The third-order valence-electron chi connectivity index (χ3n) is 4.61. The smallest absolute Gasteiger partial charge is 0.329 e. The maximum absolute atomic E-state index is 12.1. The lowest BCUT2D eigenvalue weighted by molar-refractivity contribution is -0.148. The maximum Gasteiger partial charge on any atom is 0.329 e. The van der Waals surface area contributed by atoms with E-state index in [0.717, 1.165) is 31.4 Å². The fraction of sp³-hybridized carbons (Fsp3) is 0.500.